The standard InChI is InChI=1S/C6H7Cl4N2P/c1-2-3-4-5(7)11-13(9,10)12-6(4)8/h2-3H2,1H3. The maximum Gasteiger partial charge on any atom is 0.255 e. The first kappa shape index (κ1) is 11.9. The van der Waals surface area contributed by atoms with Crippen molar-refractivity contribution in [3.05, 3.63) is 10.7 Å². The molecule has 0 aromatic carbocycles. The van der Waals surface area contributed by atoms with E-state index in [0.29, 0.717) is 10.3 Å². The molecule has 0 saturated carbocycles. The van der Waals surface area contributed by atoms with Crippen molar-refractivity contribution in [2.24, 2.45) is 9.51 Å². The Morgan fingerprint density at radius 1 is 1.31 bits per heavy atom. The van der Waals surface area contributed by atoms with Crippen LogP contribution in [0.4, 0.5) is 0 Å². The van der Waals surface area contributed by atoms with E-state index in [-0.39, 0.29) is 0 Å². The second-order valence-electron chi connectivity index (χ2n) is 2.47. The molecule has 0 amide bonds. The smallest absolute Gasteiger partial charge is 0.204 e. The van der Waals surface area contributed by atoms with Crippen molar-refractivity contribution in [2.75, 3.05) is 0 Å². The third kappa shape index (κ3) is 3.14. The molecular formula is C6H7Cl4N2P. The lowest BCUT2D eigenvalue weighted by Crippen LogP contribution is -1.98. The summed E-state index contributed by atoms with van der Waals surface area (Å²) in [5.74, 6) is -2.67. The van der Waals surface area contributed by atoms with Crippen LogP contribution in [0.3, 0.4) is 0 Å². The maximum atomic E-state index is 5.85. The molecule has 7 heteroatoms. The van der Waals surface area contributed by atoms with Crippen LogP contribution in [0.2, 0.25) is 0 Å². The molecule has 0 spiro atoms. The van der Waals surface area contributed by atoms with Gasteiger partial charge >= 0.3 is 0 Å². The van der Waals surface area contributed by atoms with Crippen molar-refractivity contribution in [1.82, 2.24) is 0 Å². The van der Waals surface area contributed by atoms with Gasteiger partial charge in [0.15, 0.2) is 0 Å². The van der Waals surface area contributed by atoms with Crippen LogP contribution in [-0.2, 0) is 0 Å². The summed E-state index contributed by atoms with van der Waals surface area (Å²) in [6.07, 6.45) is 1.65. The Hall–Kier alpha value is 0.800. The molecule has 0 radical (unpaired) electrons. The largest absolute Gasteiger partial charge is 0.255 e. The average Bonchev–Trinajstić information content (AvgIpc) is 1.94. The summed E-state index contributed by atoms with van der Waals surface area (Å²) < 4.78 is 7.76. The van der Waals surface area contributed by atoms with E-state index in [1.807, 2.05) is 6.92 Å². The Labute approximate surface area is 96.6 Å². The summed E-state index contributed by atoms with van der Waals surface area (Å²) in [5.41, 5.74) is 0.725. The van der Waals surface area contributed by atoms with Crippen molar-refractivity contribution in [1.29, 1.82) is 0 Å². The molecule has 0 aliphatic carbocycles. The zero-order valence-electron chi connectivity index (χ0n) is 6.77. The van der Waals surface area contributed by atoms with E-state index < -0.39 is 5.91 Å². The first-order chi connectivity index (χ1) is 5.96. The third-order valence-electron chi connectivity index (χ3n) is 1.41. The van der Waals surface area contributed by atoms with Crippen LogP contribution in [0.25, 0.3) is 0 Å². The van der Waals surface area contributed by atoms with Crippen LogP contribution in [0, 0.1) is 0 Å². The third-order valence-corrected chi connectivity index (χ3v) is 4.06. The van der Waals surface area contributed by atoms with Crippen molar-refractivity contribution in [2.45, 2.75) is 19.8 Å². The molecule has 1 aliphatic rings. The highest BCUT2D eigenvalue weighted by molar-refractivity contribution is 8.09. The van der Waals surface area contributed by atoms with Gasteiger partial charge in [-0.3, -0.25) is 0 Å². The van der Waals surface area contributed by atoms with E-state index in [1.54, 1.807) is 0 Å². The highest BCUT2D eigenvalue weighted by Gasteiger charge is 2.21. The molecule has 0 bridgehead atoms. The van der Waals surface area contributed by atoms with Crippen LogP contribution in [-0.4, -0.2) is 5.17 Å². The zero-order chi connectivity index (χ0) is 10.1. The molecular weight excluding hydrogens is 273 g/mol. The normalized spacial score (nSPS) is 21.2. The van der Waals surface area contributed by atoms with Gasteiger partial charge < -0.3 is 0 Å². The van der Waals surface area contributed by atoms with Gasteiger partial charge in [0, 0.05) is 5.57 Å². The summed E-state index contributed by atoms with van der Waals surface area (Å²) in [6, 6.07) is 0. The second-order valence-corrected chi connectivity index (χ2v) is 7.84. The molecule has 1 aliphatic heterocycles. The molecule has 2 nitrogen and oxygen atoms in total. The van der Waals surface area contributed by atoms with Gasteiger partial charge in [0.2, 0.25) is 0 Å². The lowest BCUT2D eigenvalue weighted by Gasteiger charge is -2.13. The summed E-state index contributed by atoms with van der Waals surface area (Å²) in [6.45, 7) is 2.01. The predicted octanol–water partition coefficient (Wildman–Crippen LogP) is 5.31. The van der Waals surface area contributed by atoms with Gasteiger partial charge in [0.25, 0.3) is 5.91 Å². The number of rotatable bonds is 2. The van der Waals surface area contributed by atoms with E-state index >= 15 is 0 Å². The van der Waals surface area contributed by atoms with Crippen molar-refractivity contribution >= 4 is 56.8 Å². The Morgan fingerprint density at radius 2 is 1.92 bits per heavy atom. The fourth-order valence-corrected chi connectivity index (χ4v) is 4.05. The first-order valence-corrected chi connectivity index (χ1v) is 7.88. The number of halogens is 4. The summed E-state index contributed by atoms with van der Waals surface area (Å²) >= 11 is 23.2. The monoisotopic (exact) mass is 278 g/mol. The van der Waals surface area contributed by atoms with E-state index in [9.17, 15) is 0 Å². The van der Waals surface area contributed by atoms with Crippen molar-refractivity contribution in [3.63, 3.8) is 0 Å². The summed E-state index contributed by atoms with van der Waals surface area (Å²) in [7, 11) is 0. The fourth-order valence-electron chi connectivity index (χ4n) is 0.896. The van der Waals surface area contributed by atoms with E-state index in [2.05, 4.69) is 9.51 Å². The van der Waals surface area contributed by atoms with E-state index in [0.717, 1.165) is 18.4 Å². The van der Waals surface area contributed by atoms with Crippen LogP contribution in [0.15, 0.2) is 20.2 Å². The molecule has 0 atom stereocenters. The Kier molecular flexibility index (Phi) is 4.15. The van der Waals surface area contributed by atoms with Gasteiger partial charge in [0.05, 0.1) is 0 Å². The van der Waals surface area contributed by atoms with Gasteiger partial charge in [-0.1, -0.05) is 36.5 Å². The van der Waals surface area contributed by atoms with E-state index in [1.165, 1.54) is 0 Å². The molecule has 1 rings (SSSR count). The average molecular weight is 280 g/mol. The minimum Gasteiger partial charge on any atom is -0.204 e. The minimum atomic E-state index is -2.67. The lowest BCUT2D eigenvalue weighted by molar-refractivity contribution is 0.931. The van der Waals surface area contributed by atoms with Crippen molar-refractivity contribution < 1.29 is 0 Å². The van der Waals surface area contributed by atoms with Gasteiger partial charge in [-0.05, 0) is 28.9 Å². The first-order valence-electron chi connectivity index (χ1n) is 3.62. The zero-order valence-corrected chi connectivity index (χ0v) is 10.7. The molecule has 0 N–H and O–H groups in total. The topological polar surface area (TPSA) is 24.7 Å². The Morgan fingerprint density at radius 3 is 2.38 bits per heavy atom. The van der Waals surface area contributed by atoms with Crippen LogP contribution < -0.4 is 0 Å². The molecule has 0 fully saturated rings. The molecule has 0 unspecified atom stereocenters. The highest BCUT2D eigenvalue weighted by Crippen LogP contribution is 2.65. The number of nitrogens with zero attached hydrogens (tertiary/aromatic N) is 2. The van der Waals surface area contributed by atoms with Crippen LogP contribution in [0.1, 0.15) is 19.8 Å². The molecule has 74 valence electrons. The number of hydrogen-bond acceptors (Lipinski definition) is 2. The second kappa shape index (κ2) is 4.55. The SMILES string of the molecule is CCCC1=C(Cl)N=P(Cl)(Cl)N=C1Cl. The van der Waals surface area contributed by atoms with Gasteiger partial charge in [0.1, 0.15) is 10.3 Å². The van der Waals surface area contributed by atoms with Gasteiger partial charge in [-0.15, -0.1) is 0 Å². The van der Waals surface area contributed by atoms with Crippen LogP contribution >= 0.6 is 51.6 Å². The lowest BCUT2D eigenvalue weighted by atomic mass is 10.2. The molecule has 0 saturated heterocycles. The maximum absolute atomic E-state index is 5.85. The fraction of sp³-hybridized carbons (Fsp3) is 0.500. The summed E-state index contributed by atoms with van der Waals surface area (Å²) in [4.78, 5) is 0. The molecule has 0 aromatic rings. The Bertz CT molecular complexity index is 328. The molecule has 0 aromatic heterocycles. The quantitative estimate of drug-likeness (QED) is 0.483. The number of allylic oxidation sites excluding steroid dienone is 1. The van der Waals surface area contributed by atoms with Gasteiger partial charge in [-0.25, -0.2) is 9.51 Å². The van der Waals surface area contributed by atoms with Crippen LogP contribution in [0.5, 0.6) is 0 Å². The Balaban J connectivity index is 3.12. The minimum absolute atomic E-state index is 0.292. The number of hydrogen-bond donors (Lipinski definition) is 0. The predicted molar refractivity (Wildman–Crippen MR) is 62.1 cm³/mol. The van der Waals surface area contributed by atoms with E-state index in [4.69, 9.17) is 45.7 Å². The molecule has 13 heavy (non-hydrogen) atoms. The highest BCUT2D eigenvalue weighted by atomic mass is 35.9. The van der Waals surface area contributed by atoms with Crippen molar-refractivity contribution in [3.8, 4) is 0 Å². The molecule has 1 heterocycles. The summed E-state index contributed by atoms with van der Waals surface area (Å²) in [5, 5.41) is 0.584. The van der Waals surface area contributed by atoms with Gasteiger partial charge in [-0.2, -0.15) is 0 Å².